The first-order chi connectivity index (χ1) is 14.8. The van der Waals surface area contributed by atoms with E-state index in [0.29, 0.717) is 6.42 Å². The first kappa shape index (κ1) is 29.4. The van der Waals surface area contributed by atoms with Crippen LogP contribution in [-0.2, 0) is 14.4 Å². The van der Waals surface area contributed by atoms with Crippen molar-refractivity contribution >= 4 is 17.8 Å². The molecule has 0 aliphatic rings. The monoisotopic (exact) mass is 440 g/mol. The van der Waals surface area contributed by atoms with E-state index in [-0.39, 0.29) is 18.7 Å². The number of carboxylic acids is 1. The van der Waals surface area contributed by atoms with Crippen molar-refractivity contribution in [1.29, 1.82) is 0 Å². The van der Waals surface area contributed by atoms with Gasteiger partial charge in [-0.3, -0.25) is 9.59 Å². The van der Waals surface area contributed by atoms with Gasteiger partial charge in [-0.1, -0.05) is 104 Å². The number of primary amides is 1. The molecule has 0 fully saturated rings. The first-order valence-corrected chi connectivity index (χ1v) is 12.6. The van der Waals surface area contributed by atoms with Crippen LogP contribution in [-0.4, -0.2) is 28.9 Å². The van der Waals surface area contributed by atoms with Gasteiger partial charge >= 0.3 is 5.97 Å². The Morgan fingerprint density at radius 2 is 1.10 bits per heavy atom. The third-order valence-electron chi connectivity index (χ3n) is 5.75. The molecular formula is C25H48N2O4. The Bertz CT molecular complexity index is 480. The van der Waals surface area contributed by atoms with E-state index in [1.54, 1.807) is 0 Å². The summed E-state index contributed by atoms with van der Waals surface area (Å²) in [6.45, 7) is 4.60. The highest BCUT2D eigenvalue weighted by Gasteiger charge is 2.20. The quantitative estimate of drug-likeness (QED) is 0.187. The molecule has 0 radical (unpaired) electrons. The van der Waals surface area contributed by atoms with Crippen molar-refractivity contribution in [3.05, 3.63) is 0 Å². The lowest BCUT2D eigenvalue weighted by molar-refractivity contribution is -0.142. The van der Waals surface area contributed by atoms with Gasteiger partial charge in [0.2, 0.25) is 11.8 Å². The average Bonchev–Trinajstić information content (AvgIpc) is 2.70. The smallest absolute Gasteiger partial charge is 0.326 e. The first-order valence-electron chi connectivity index (χ1n) is 12.6. The minimum Gasteiger partial charge on any atom is -0.480 e. The largest absolute Gasteiger partial charge is 0.480 e. The maximum absolute atomic E-state index is 11.9. The summed E-state index contributed by atoms with van der Waals surface area (Å²) in [5, 5.41) is 11.6. The van der Waals surface area contributed by atoms with Crippen molar-refractivity contribution < 1.29 is 19.5 Å². The van der Waals surface area contributed by atoms with Crippen LogP contribution in [0.2, 0.25) is 0 Å². The fraction of sp³-hybridized carbons (Fsp3) is 0.880. The highest BCUT2D eigenvalue weighted by atomic mass is 16.4. The lowest BCUT2D eigenvalue weighted by atomic mass is 10.0. The van der Waals surface area contributed by atoms with Crippen LogP contribution in [0, 0.1) is 5.92 Å². The number of nitrogens with one attached hydrogen (secondary N) is 1. The van der Waals surface area contributed by atoms with Gasteiger partial charge in [0.1, 0.15) is 6.04 Å². The number of carbonyl (C=O) groups excluding carboxylic acids is 2. The summed E-state index contributed by atoms with van der Waals surface area (Å²) in [6, 6.07) is -1.04. The highest BCUT2D eigenvalue weighted by Crippen LogP contribution is 2.15. The average molecular weight is 441 g/mol. The molecule has 0 aliphatic carbocycles. The van der Waals surface area contributed by atoms with Crippen LogP contribution >= 0.6 is 0 Å². The summed E-state index contributed by atoms with van der Waals surface area (Å²) in [5.74, 6) is -1.11. The molecule has 0 rings (SSSR count). The fourth-order valence-corrected chi connectivity index (χ4v) is 3.77. The topological polar surface area (TPSA) is 109 Å². The number of amides is 2. The van der Waals surface area contributed by atoms with Crippen molar-refractivity contribution in [1.82, 2.24) is 5.32 Å². The zero-order chi connectivity index (χ0) is 23.3. The Balaban J connectivity index is 3.42. The number of aliphatic carboxylic acids is 1. The van der Waals surface area contributed by atoms with E-state index < -0.39 is 17.9 Å². The molecule has 0 aromatic rings. The highest BCUT2D eigenvalue weighted by molar-refractivity contribution is 5.84. The molecule has 182 valence electrons. The molecular weight excluding hydrogens is 392 g/mol. The third-order valence-corrected chi connectivity index (χ3v) is 5.75. The van der Waals surface area contributed by atoms with E-state index in [0.717, 1.165) is 25.2 Å². The lowest BCUT2D eigenvalue weighted by Crippen LogP contribution is -2.41. The van der Waals surface area contributed by atoms with Gasteiger partial charge in [-0.15, -0.1) is 0 Å². The molecule has 0 aliphatic heterocycles. The van der Waals surface area contributed by atoms with Gasteiger partial charge in [-0.05, 0) is 18.8 Å². The molecule has 0 heterocycles. The summed E-state index contributed by atoms with van der Waals surface area (Å²) < 4.78 is 0. The molecule has 0 unspecified atom stereocenters. The van der Waals surface area contributed by atoms with Gasteiger partial charge in [-0.2, -0.15) is 0 Å². The Labute approximate surface area is 190 Å². The van der Waals surface area contributed by atoms with E-state index in [1.165, 1.54) is 77.0 Å². The van der Waals surface area contributed by atoms with Gasteiger partial charge in [0, 0.05) is 12.8 Å². The van der Waals surface area contributed by atoms with Gasteiger partial charge < -0.3 is 16.2 Å². The second-order valence-electron chi connectivity index (χ2n) is 9.35. The standard InChI is InChI=1S/C25H48N2O4/c1-21(2)17-15-13-11-9-7-5-3-4-6-8-10-12-14-16-18-24(29)27-22(25(30)31)19-20-23(26)28/h21-22H,3-20H2,1-2H3,(H2,26,28)(H,27,29)(H,30,31)/t22-/m0/s1. The second kappa shape index (κ2) is 20.3. The second-order valence-corrected chi connectivity index (χ2v) is 9.35. The van der Waals surface area contributed by atoms with Crippen LogP contribution in [0.1, 0.15) is 129 Å². The molecule has 1 atom stereocenters. The fourth-order valence-electron chi connectivity index (χ4n) is 3.77. The van der Waals surface area contributed by atoms with Crippen molar-refractivity contribution in [2.75, 3.05) is 0 Å². The molecule has 6 nitrogen and oxygen atoms in total. The molecule has 0 aromatic heterocycles. The molecule has 4 N–H and O–H groups in total. The molecule has 0 bridgehead atoms. The predicted octanol–water partition coefficient (Wildman–Crippen LogP) is 5.72. The van der Waals surface area contributed by atoms with Crippen LogP contribution in [0.3, 0.4) is 0 Å². The Hall–Kier alpha value is -1.59. The van der Waals surface area contributed by atoms with Gasteiger partial charge in [0.15, 0.2) is 0 Å². The molecule has 31 heavy (non-hydrogen) atoms. The lowest BCUT2D eigenvalue weighted by Gasteiger charge is -2.13. The number of unbranched alkanes of at least 4 members (excludes halogenated alkanes) is 13. The Kier molecular flexibility index (Phi) is 19.3. The maximum Gasteiger partial charge on any atom is 0.326 e. The minimum atomic E-state index is -1.13. The van der Waals surface area contributed by atoms with Crippen LogP contribution < -0.4 is 11.1 Å². The minimum absolute atomic E-state index is 0.0364. The van der Waals surface area contributed by atoms with Crippen LogP contribution in [0.4, 0.5) is 0 Å². The van der Waals surface area contributed by atoms with Crippen molar-refractivity contribution in [2.24, 2.45) is 11.7 Å². The van der Waals surface area contributed by atoms with Crippen LogP contribution in [0.25, 0.3) is 0 Å². The number of carbonyl (C=O) groups is 3. The van der Waals surface area contributed by atoms with Gasteiger partial charge in [0.25, 0.3) is 0 Å². The molecule has 0 saturated heterocycles. The zero-order valence-corrected chi connectivity index (χ0v) is 20.1. The summed E-state index contributed by atoms with van der Waals surface area (Å²) in [5.41, 5.74) is 5.03. The number of carboxylic acid groups (broad SMARTS) is 1. The van der Waals surface area contributed by atoms with E-state index >= 15 is 0 Å². The number of rotatable bonds is 22. The van der Waals surface area contributed by atoms with E-state index in [9.17, 15) is 14.4 Å². The number of hydrogen-bond acceptors (Lipinski definition) is 3. The zero-order valence-electron chi connectivity index (χ0n) is 20.1. The van der Waals surface area contributed by atoms with Crippen LogP contribution in [0.5, 0.6) is 0 Å². The molecule has 0 saturated carbocycles. The van der Waals surface area contributed by atoms with Crippen molar-refractivity contribution in [3.8, 4) is 0 Å². The van der Waals surface area contributed by atoms with E-state index in [1.807, 2.05) is 0 Å². The summed E-state index contributed by atoms with van der Waals surface area (Å²) in [6.07, 6.45) is 19.4. The Morgan fingerprint density at radius 1 is 0.677 bits per heavy atom. The summed E-state index contributed by atoms with van der Waals surface area (Å²) >= 11 is 0. The predicted molar refractivity (Wildman–Crippen MR) is 127 cm³/mol. The normalized spacial score (nSPS) is 12.1. The SMILES string of the molecule is CC(C)CCCCCCCCCCCCCCCCC(=O)N[C@@H](CCC(N)=O)C(=O)O. The van der Waals surface area contributed by atoms with Gasteiger partial charge in [-0.25, -0.2) is 4.79 Å². The van der Waals surface area contributed by atoms with Crippen LogP contribution in [0.15, 0.2) is 0 Å². The summed E-state index contributed by atoms with van der Waals surface area (Å²) in [4.78, 5) is 33.8. The van der Waals surface area contributed by atoms with Crippen molar-refractivity contribution in [3.63, 3.8) is 0 Å². The number of hydrogen-bond donors (Lipinski definition) is 3. The summed E-state index contributed by atoms with van der Waals surface area (Å²) in [7, 11) is 0. The van der Waals surface area contributed by atoms with E-state index in [2.05, 4.69) is 19.2 Å². The maximum atomic E-state index is 11.9. The molecule has 0 aromatic carbocycles. The van der Waals surface area contributed by atoms with Gasteiger partial charge in [0.05, 0.1) is 0 Å². The molecule has 6 heteroatoms. The van der Waals surface area contributed by atoms with E-state index in [4.69, 9.17) is 10.8 Å². The number of nitrogens with two attached hydrogens (primary N) is 1. The van der Waals surface area contributed by atoms with Crippen molar-refractivity contribution in [2.45, 2.75) is 135 Å². The Morgan fingerprint density at radius 3 is 1.48 bits per heavy atom. The third kappa shape index (κ3) is 21.4. The molecule has 0 spiro atoms. The molecule has 2 amide bonds.